The van der Waals surface area contributed by atoms with E-state index in [0.717, 1.165) is 23.1 Å². The minimum Gasteiger partial charge on any atom is -0.372 e. The van der Waals surface area contributed by atoms with Crippen LogP contribution in [-0.2, 0) is 22.3 Å². The molecule has 1 unspecified atom stereocenters. The van der Waals surface area contributed by atoms with Crippen molar-refractivity contribution in [2.75, 3.05) is 11.4 Å². The van der Waals surface area contributed by atoms with Gasteiger partial charge in [-0.1, -0.05) is 11.6 Å². The number of amides is 2. The number of aliphatic hydroxyl groups is 1. The number of rotatable bonds is 4. The predicted octanol–water partition coefficient (Wildman–Crippen LogP) is 3.76. The number of carbonyl (C=O) groups is 2. The highest BCUT2D eigenvalue weighted by Gasteiger charge is 2.51. The lowest BCUT2D eigenvalue weighted by atomic mass is 10.0. The Balaban J connectivity index is 1.51. The molecular formula is C21H16ClF4N3O3. The molecule has 0 saturated carbocycles. The summed E-state index contributed by atoms with van der Waals surface area (Å²) in [5.74, 6) is -2.47. The summed E-state index contributed by atoms with van der Waals surface area (Å²) in [6.07, 6.45) is -4.77. The Morgan fingerprint density at radius 2 is 1.97 bits per heavy atom. The topological polar surface area (TPSA) is 85.4 Å². The second kappa shape index (κ2) is 7.79. The highest BCUT2D eigenvalue weighted by atomic mass is 35.5. The molecule has 0 bridgehead atoms. The first kappa shape index (κ1) is 22.1. The lowest BCUT2D eigenvalue weighted by Crippen LogP contribution is -2.52. The van der Waals surface area contributed by atoms with Gasteiger partial charge in [0.2, 0.25) is 5.60 Å². The smallest absolute Gasteiger partial charge is 0.372 e. The molecule has 3 aromatic rings. The number of aromatic nitrogens is 1. The maximum atomic E-state index is 13.4. The number of H-pyrrole nitrogens is 1. The van der Waals surface area contributed by atoms with Crippen LogP contribution in [-0.4, -0.2) is 34.1 Å². The van der Waals surface area contributed by atoms with E-state index in [1.807, 2.05) is 0 Å². The van der Waals surface area contributed by atoms with Gasteiger partial charge in [0.15, 0.2) is 0 Å². The summed E-state index contributed by atoms with van der Waals surface area (Å²) < 4.78 is 52.2. The number of alkyl halides is 3. The number of carbonyl (C=O) groups excluding carboxylic acids is 2. The van der Waals surface area contributed by atoms with Crippen molar-refractivity contribution in [2.45, 2.75) is 24.7 Å². The Hall–Kier alpha value is -3.11. The molecule has 0 spiro atoms. The third-order valence-electron chi connectivity index (χ3n) is 5.27. The third-order valence-corrected chi connectivity index (χ3v) is 5.49. The number of nitrogens with one attached hydrogen (secondary N) is 2. The molecule has 2 aromatic carbocycles. The number of halogens is 5. The zero-order chi connectivity index (χ0) is 23.3. The van der Waals surface area contributed by atoms with Crippen LogP contribution in [0.25, 0.3) is 10.9 Å². The molecule has 32 heavy (non-hydrogen) atoms. The van der Waals surface area contributed by atoms with Gasteiger partial charge >= 0.3 is 6.18 Å². The number of anilines is 1. The number of hydrogen-bond donors (Lipinski definition) is 3. The SMILES string of the molecule is O=C(NCc1cc(F)cc(Cl)c1)C1(O)CCN(c2ccc3[nH]c(C(F)(F)F)cc3c2)C1=O. The molecule has 3 N–H and O–H groups in total. The van der Waals surface area contributed by atoms with Gasteiger partial charge in [-0.3, -0.25) is 9.59 Å². The third kappa shape index (κ3) is 4.03. The minimum atomic E-state index is -4.55. The van der Waals surface area contributed by atoms with Gasteiger partial charge in [0, 0.05) is 41.1 Å². The van der Waals surface area contributed by atoms with Crippen LogP contribution in [0.2, 0.25) is 5.02 Å². The number of hydrogen-bond acceptors (Lipinski definition) is 3. The summed E-state index contributed by atoms with van der Waals surface area (Å²) in [5.41, 5.74) is -2.47. The highest BCUT2D eigenvalue weighted by Crippen LogP contribution is 2.34. The maximum Gasteiger partial charge on any atom is 0.431 e. The van der Waals surface area contributed by atoms with Crippen LogP contribution in [0.4, 0.5) is 23.2 Å². The Kier molecular flexibility index (Phi) is 5.38. The fraction of sp³-hybridized carbons (Fsp3) is 0.238. The van der Waals surface area contributed by atoms with Gasteiger partial charge in [-0.15, -0.1) is 0 Å². The normalized spacial score (nSPS) is 19.1. The second-order valence-corrected chi connectivity index (χ2v) is 7.92. The maximum absolute atomic E-state index is 13.4. The molecule has 0 radical (unpaired) electrons. The molecule has 4 rings (SSSR count). The minimum absolute atomic E-state index is 0.0173. The van der Waals surface area contributed by atoms with E-state index in [4.69, 9.17) is 11.6 Å². The Morgan fingerprint density at radius 1 is 1.22 bits per heavy atom. The summed E-state index contributed by atoms with van der Waals surface area (Å²) in [5, 5.41) is 13.5. The van der Waals surface area contributed by atoms with Gasteiger partial charge in [0.25, 0.3) is 11.8 Å². The summed E-state index contributed by atoms with van der Waals surface area (Å²) in [4.78, 5) is 28.8. The number of fused-ring (bicyclic) bond motifs is 1. The molecule has 1 aliphatic heterocycles. The molecule has 1 aromatic heterocycles. The van der Waals surface area contributed by atoms with Crippen LogP contribution >= 0.6 is 11.6 Å². The number of benzene rings is 2. The van der Waals surface area contributed by atoms with Gasteiger partial charge in [-0.2, -0.15) is 13.2 Å². The largest absolute Gasteiger partial charge is 0.431 e. The predicted molar refractivity (Wildman–Crippen MR) is 108 cm³/mol. The molecule has 6 nitrogen and oxygen atoms in total. The van der Waals surface area contributed by atoms with Crippen molar-refractivity contribution in [2.24, 2.45) is 0 Å². The van der Waals surface area contributed by atoms with Gasteiger partial charge in [0.1, 0.15) is 11.5 Å². The fourth-order valence-corrected chi connectivity index (χ4v) is 3.89. The van der Waals surface area contributed by atoms with Crippen LogP contribution in [0.15, 0.2) is 42.5 Å². The average molecular weight is 470 g/mol. The first-order valence-electron chi connectivity index (χ1n) is 9.45. The van der Waals surface area contributed by atoms with Crippen LogP contribution in [0.5, 0.6) is 0 Å². The summed E-state index contributed by atoms with van der Waals surface area (Å²) in [6.45, 7) is -0.183. The van der Waals surface area contributed by atoms with E-state index in [-0.39, 0.29) is 41.1 Å². The van der Waals surface area contributed by atoms with Gasteiger partial charge in [0.05, 0.1) is 0 Å². The Labute approximate surface area is 183 Å². The van der Waals surface area contributed by atoms with Crippen molar-refractivity contribution in [3.63, 3.8) is 0 Å². The monoisotopic (exact) mass is 469 g/mol. The second-order valence-electron chi connectivity index (χ2n) is 7.48. The molecule has 2 amide bonds. The van der Waals surface area contributed by atoms with Crippen molar-refractivity contribution >= 4 is 40.0 Å². The lowest BCUT2D eigenvalue weighted by molar-refractivity contribution is -0.149. The Morgan fingerprint density at radius 3 is 2.66 bits per heavy atom. The quantitative estimate of drug-likeness (QED) is 0.402. The molecule has 11 heteroatoms. The van der Waals surface area contributed by atoms with E-state index in [0.29, 0.717) is 5.56 Å². The van der Waals surface area contributed by atoms with Crippen molar-refractivity contribution in [1.82, 2.24) is 10.3 Å². The van der Waals surface area contributed by atoms with Gasteiger partial charge < -0.3 is 20.3 Å². The first-order chi connectivity index (χ1) is 15.0. The Bertz CT molecular complexity index is 1210. The summed E-state index contributed by atoms with van der Waals surface area (Å²) in [6, 6.07) is 8.78. The van der Waals surface area contributed by atoms with E-state index in [1.54, 1.807) is 0 Å². The van der Waals surface area contributed by atoms with E-state index in [2.05, 4.69) is 10.3 Å². The molecule has 1 atom stereocenters. The first-order valence-corrected chi connectivity index (χ1v) is 9.83. The van der Waals surface area contributed by atoms with E-state index in [9.17, 15) is 32.3 Å². The van der Waals surface area contributed by atoms with Crippen LogP contribution in [0, 0.1) is 5.82 Å². The number of nitrogens with zero attached hydrogens (tertiary/aromatic N) is 1. The summed E-state index contributed by atoms with van der Waals surface area (Å²) >= 11 is 5.77. The molecule has 1 aliphatic rings. The fourth-order valence-electron chi connectivity index (χ4n) is 3.64. The van der Waals surface area contributed by atoms with E-state index < -0.39 is 35.1 Å². The zero-order valence-corrected chi connectivity index (χ0v) is 17.0. The number of aromatic amines is 1. The lowest BCUT2D eigenvalue weighted by Gasteiger charge is -2.22. The molecule has 0 aliphatic carbocycles. The standard InChI is InChI=1S/C21H16ClF4N3O3/c22-13-5-11(6-14(23)9-13)10-27-18(30)20(32)3-4-29(19(20)31)15-1-2-16-12(7-15)8-17(28-16)21(24,25)26/h1-2,5-9,28,32H,3-4,10H2,(H,27,30). The van der Waals surface area contributed by atoms with Crippen molar-refractivity contribution < 1.29 is 32.3 Å². The zero-order valence-electron chi connectivity index (χ0n) is 16.3. The molecule has 168 valence electrons. The average Bonchev–Trinajstić information content (AvgIpc) is 3.27. The van der Waals surface area contributed by atoms with E-state index >= 15 is 0 Å². The molecular weight excluding hydrogens is 454 g/mol. The highest BCUT2D eigenvalue weighted by molar-refractivity contribution is 6.30. The summed E-state index contributed by atoms with van der Waals surface area (Å²) in [7, 11) is 0. The van der Waals surface area contributed by atoms with Crippen LogP contribution < -0.4 is 10.2 Å². The van der Waals surface area contributed by atoms with E-state index in [1.165, 1.54) is 24.3 Å². The van der Waals surface area contributed by atoms with Crippen LogP contribution in [0.1, 0.15) is 17.7 Å². The molecule has 1 saturated heterocycles. The molecule has 2 heterocycles. The van der Waals surface area contributed by atoms with Crippen molar-refractivity contribution in [3.8, 4) is 0 Å². The van der Waals surface area contributed by atoms with Gasteiger partial charge in [-0.05, 0) is 48.0 Å². The van der Waals surface area contributed by atoms with Crippen molar-refractivity contribution in [3.05, 3.63) is 64.6 Å². The van der Waals surface area contributed by atoms with Crippen LogP contribution in [0.3, 0.4) is 0 Å². The molecule has 1 fully saturated rings. The van der Waals surface area contributed by atoms with Gasteiger partial charge in [-0.25, -0.2) is 4.39 Å². The van der Waals surface area contributed by atoms with Crippen molar-refractivity contribution in [1.29, 1.82) is 0 Å².